The van der Waals surface area contributed by atoms with Gasteiger partial charge in [0.05, 0.1) is 5.60 Å². The number of hydrogen-bond acceptors (Lipinski definition) is 3. The van der Waals surface area contributed by atoms with Gasteiger partial charge in [-0.05, 0) is 48.0 Å². The standard InChI is InChI=1S/C13H19BrN2O2S/c1-13(18,8-19-2)7-15-12(17)11-5-9(14)6-16(11)10-3-4-10/h5-6,10,18H,3-4,7-8H2,1-2H3,(H,15,17). The number of nitrogens with zero attached hydrogens (tertiary/aromatic N) is 1. The molecule has 1 aliphatic carbocycles. The van der Waals surface area contributed by atoms with Gasteiger partial charge in [0.25, 0.3) is 5.91 Å². The molecule has 19 heavy (non-hydrogen) atoms. The zero-order chi connectivity index (χ0) is 14.0. The Labute approximate surface area is 126 Å². The number of aliphatic hydroxyl groups is 1. The van der Waals surface area contributed by atoms with E-state index >= 15 is 0 Å². The van der Waals surface area contributed by atoms with Crippen LogP contribution in [-0.4, -0.2) is 39.7 Å². The fourth-order valence-corrected chi connectivity index (χ4v) is 3.17. The molecular formula is C13H19BrN2O2S. The van der Waals surface area contributed by atoms with Crippen LogP contribution in [0.4, 0.5) is 0 Å². The Morgan fingerprint density at radius 3 is 2.95 bits per heavy atom. The zero-order valence-electron chi connectivity index (χ0n) is 11.1. The lowest BCUT2D eigenvalue weighted by Crippen LogP contribution is -2.42. The molecule has 0 saturated heterocycles. The summed E-state index contributed by atoms with van der Waals surface area (Å²) < 4.78 is 2.93. The second kappa shape index (κ2) is 5.89. The molecule has 2 N–H and O–H groups in total. The third-order valence-corrected chi connectivity index (χ3v) is 4.42. The first-order valence-corrected chi connectivity index (χ1v) is 8.48. The molecule has 1 aliphatic rings. The highest BCUT2D eigenvalue weighted by molar-refractivity contribution is 9.10. The van der Waals surface area contributed by atoms with Crippen LogP contribution in [-0.2, 0) is 0 Å². The molecule has 1 aromatic rings. The molecule has 0 radical (unpaired) electrons. The zero-order valence-corrected chi connectivity index (χ0v) is 13.6. The van der Waals surface area contributed by atoms with Crippen LogP contribution < -0.4 is 5.32 Å². The third kappa shape index (κ3) is 4.00. The Kier molecular flexibility index (Phi) is 4.63. The second-order valence-electron chi connectivity index (χ2n) is 5.29. The summed E-state index contributed by atoms with van der Waals surface area (Å²) in [5.41, 5.74) is -0.210. The first-order valence-electron chi connectivity index (χ1n) is 6.30. The SMILES string of the molecule is CSCC(C)(O)CNC(=O)c1cc(Br)cn1C1CC1. The number of nitrogens with one attached hydrogen (secondary N) is 1. The predicted molar refractivity (Wildman–Crippen MR) is 81.7 cm³/mol. The van der Waals surface area contributed by atoms with Crippen molar-refractivity contribution in [2.24, 2.45) is 0 Å². The molecule has 1 unspecified atom stereocenters. The van der Waals surface area contributed by atoms with Gasteiger partial charge >= 0.3 is 0 Å². The minimum Gasteiger partial charge on any atom is -0.387 e. The highest BCUT2D eigenvalue weighted by Gasteiger charge is 2.28. The summed E-state index contributed by atoms with van der Waals surface area (Å²) in [6.07, 6.45) is 6.15. The molecule has 1 aromatic heterocycles. The number of rotatable bonds is 6. The van der Waals surface area contributed by atoms with Crippen molar-refractivity contribution in [1.29, 1.82) is 0 Å². The second-order valence-corrected chi connectivity index (χ2v) is 7.08. The van der Waals surface area contributed by atoms with Gasteiger partial charge in [-0.1, -0.05) is 0 Å². The largest absolute Gasteiger partial charge is 0.387 e. The fourth-order valence-electron chi connectivity index (χ4n) is 2.01. The summed E-state index contributed by atoms with van der Waals surface area (Å²) in [5.74, 6) is 0.472. The number of carbonyl (C=O) groups is 1. The summed E-state index contributed by atoms with van der Waals surface area (Å²) in [7, 11) is 0. The van der Waals surface area contributed by atoms with Crippen molar-refractivity contribution in [3.05, 3.63) is 22.4 Å². The highest BCUT2D eigenvalue weighted by atomic mass is 79.9. The van der Waals surface area contributed by atoms with Crippen LogP contribution in [0.15, 0.2) is 16.7 Å². The molecule has 0 aliphatic heterocycles. The van der Waals surface area contributed by atoms with Crippen molar-refractivity contribution >= 4 is 33.6 Å². The van der Waals surface area contributed by atoms with Crippen molar-refractivity contribution < 1.29 is 9.90 Å². The van der Waals surface area contributed by atoms with Crippen LogP contribution in [0.3, 0.4) is 0 Å². The van der Waals surface area contributed by atoms with Crippen LogP contribution in [0.1, 0.15) is 36.3 Å². The van der Waals surface area contributed by atoms with E-state index in [1.54, 1.807) is 18.7 Å². The molecule has 1 fully saturated rings. The van der Waals surface area contributed by atoms with Gasteiger partial charge in [0.1, 0.15) is 5.69 Å². The molecule has 0 spiro atoms. The monoisotopic (exact) mass is 346 g/mol. The molecular weight excluding hydrogens is 328 g/mol. The Balaban J connectivity index is 2.00. The number of hydrogen-bond donors (Lipinski definition) is 2. The number of thioether (sulfide) groups is 1. The van der Waals surface area contributed by atoms with Crippen molar-refractivity contribution in [3.8, 4) is 0 Å². The lowest BCUT2D eigenvalue weighted by atomic mass is 10.1. The van der Waals surface area contributed by atoms with Crippen molar-refractivity contribution in [1.82, 2.24) is 9.88 Å². The Bertz CT molecular complexity index is 469. The molecule has 6 heteroatoms. The Hall–Kier alpha value is -0.460. The van der Waals surface area contributed by atoms with E-state index in [1.807, 2.05) is 23.1 Å². The van der Waals surface area contributed by atoms with Crippen LogP contribution >= 0.6 is 27.7 Å². The average molecular weight is 347 g/mol. The number of halogens is 1. The highest BCUT2D eigenvalue weighted by Crippen LogP contribution is 2.37. The summed E-state index contributed by atoms with van der Waals surface area (Å²) >= 11 is 4.97. The first kappa shape index (κ1) is 14.9. The lowest BCUT2D eigenvalue weighted by Gasteiger charge is -2.22. The molecule has 1 atom stereocenters. The molecule has 1 amide bonds. The normalized spacial score (nSPS) is 18.1. The van der Waals surface area contributed by atoms with Crippen LogP contribution in [0.25, 0.3) is 0 Å². The van der Waals surface area contributed by atoms with E-state index in [0.29, 0.717) is 17.5 Å². The topological polar surface area (TPSA) is 54.3 Å². The minimum atomic E-state index is -0.872. The van der Waals surface area contributed by atoms with Gasteiger partial charge in [-0.25, -0.2) is 0 Å². The number of carbonyl (C=O) groups excluding carboxylic acids is 1. The molecule has 1 heterocycles. The van der Waals surface area contributed by atoms with E-state index in [0.717, 1.165) is 17.3 Å². The fraction of sp³-hybridized carbons (Fsp3) is 0.615. The summed E-state index contributed by atoms with van der Waals surface area (Å²) in [5, 5.41) is 12.9. The number of amides is 1. The van der Waals surface area contributed by atoms with Gasteiger partial charge in [0, 0.05) is 29.0 Å². The van der Waals surface area contributed by atoms with Gasteiger partial charge in [0.2, 0.25) is 0 Å². The molecule has 0 bridgehead atoms. The summed E-state index contributed by atoms with van der Waals surface area (Å²) in [6, 6.07) is 2.29. The van der Waals surface area contributed by atoms with E-state index in [1.165, 1.54) is 0 Å². The van der Waals surface area contributed by atoms with E-state index in [2.05, 4.69) is 21.2 Å². The van der Waals surface area contributed by atoms with Crippen molar-refractivity contribution in [2.45, 2.75) is 31.4 Å². The molecule has 106 valence electrons. The maximum Gasteiger partial charge on any atom is 0.268 e. The van der Waals surface area contributed by atoms with Crippen LogP contribution in [0.5, 0.6) is 0 Å². The lowest BCUT2D eigenvalue weighted by molar-refractivity contribution is 0.0720. The van der Waals surface area contributed by atoms with Gasteiger partial charge in [-0.2, -0.15) is 11.8 Å². The molecule has 1 saturated carbocycles. The van der Waals surface area contributed by atoms with E-state index in [4.69, 9.17) is 0 Å². The van der Waals surface area contributed by atoms with Gasteiger partial charge < -0.3 is 15.0 Å². The molecule has 2 rings (SSSR count). The van der Waals surface area contributed by atoms with Crippen LogP contribution in [0.2, 0.25) is 0 Å². The van der Waals surface area contributed by atoms with Gasteiger partial charge in [0.15, 0.2) is 0 Å². The van der Waals surface area contributed by atoms with E-state index < -0.39 is 5.60 Å². The maximum atomic E-state index is 12.2. The van der Waals surface area contributed by atoms with Crippen molar-refractivity contribution in [3.63, 3.8) is 0 Å². The Morgan fingerprint density at radius 1 is 1.68 bits per heavy atom. The van der Waals surface area contributed by atoms with Gasteiger partial charge in [-0.3, -0.25) is 4.79 Å². The third-order valence-electron chi connectivity index (χ3n) is 3.07. The summed E-state index contributed by atoms with van der Waals surface area (Å²) in [6.45, 7) is 2.00. The minimum absolute atomic E-state index is 0.126. The molecule has 4 nitrogen and oxygen atoms in total. The molecule has 0 aromatic carbocycles. The maximum absolute atomic E-state index is 12.2. The number of aromatic nitrogens is 1. The smallest absolute Gasteiger partial charge is 0.268 e. The quantitative estimate of drug-likeness (QED) is 0.831. The van der Waals surface area contributed by atoms with E-state index in [-0.39, 0.29) is 12.5 Å². The Morgan fingerprint density at radius 2 is 2.37 bits per heavy atom. The van der Waals surface area contributed by atoms with Crippen molar-refractivity contribution in [2.75, 3.05) is 18.6 Å². The first-order chi connectivity index (χ1) is 8.93. The average Bonchev–Trinajstić information content (AvgIpc) is 3.09. The van der Waals surface area contributed by atoms with Gasteiger partial charge in [-0.15, -0.1) is 0 Å². The van der Waals surface area contributed by atoms with Crippen LogP contribution in [0, 0.1) is 0 Å². The summed E-state index contributed by atoms with van der Waals surface area (Å²) in [4.78, 5) is 12.2. The predicted octanol–water partition coefficient (Wildman–Crippen LogP) is 2.43. The van der Waals surface area contributed by atoms with E-state index in [9.17, 15) is 9.90 Å².